The Morgan fingerprint density at radius 3 is 2.84 bits per heavy atom. The van der Waals surface area contributed by atoms with Crippen LogP contribution in [0.15, 0.2) is 0 Å². The van der Waals surface area contributed by atoms with Crippen molar-refractivity contribution >= 4 is 29.5 Å². The molecule has 0 aromatic heterocycles. The number of ether oxygens (including phenoxy) is 2. The second-order valence-corrected chi connectivity index (χ2v) is 5.10. The zero-order valence-corrected chi connectivity index (χ0v) is 11.6. The topological polar surface area (TPSA) is 98.9 Å². The summed E-state index contributed by atoms with van der Waals surface area (Å²) >= 11 is 1.32. The third-order valence-corrected chi connectivity index (χ3v) is 3.57. The van der Waals surface area contributed by atoms with Gasteiger partial charge in [-0.25, -0.2) is 4.79 Å². The molecule has 19 heavy (non-hydrogen) atoms. The van der Waals surface area contributed by atoms with Crippen molar-refractivity contribution in [3.8, 4) is 0 Å². The summed E-state index contributed by atoms with van der Waals surface area (Å²) in [4.78, 5) is 35.3. The first-order valence-electron chi connectivity index (χ1n) is 5.88. The van der Waals surface area contributed by atoms with Gasteiger partial charge in [-0.3, -0.25) is 9.59 Å². The van der Waals surface area contributed by atoms with E-state index in [0.717, 1.165) is 0 Å². The summed E-state index contributed by atoms with van der Waals surface area (Å²) in [5, 5.41) is 0. The monoisotopic (exact) mass is 290 g/mol. The van der Waals surface area contributed by atoms with Crippen LogP contribution in [0.3, 0.4) is 0 Å². The maximum Gasteiger partial charge on any atom is 0.336 e. The molecule has 2 N–H and O–H groups in total. The van der Waals surface area contributed by atoms with Crippen LogP contribution >= 0.6 is 11.8 Å². The lowest BCUT2D eigenvalue weighted by Gasteiger charge is -2.31. The molecule has 1 saturated heterocycles. The predicted molar refractivity (Wildman–Crippen MR) is 69.5 cm³/mol. The number of rotatable bonds is 6. The minimum Gasteiger partial charge on any atom is -0.467 e. The van der Waals surface area contributed by atoms with Crippen molar-refractivity contribution in [1.29, 1.82) is 0 Å². The van der Waals surface area contributed by atoms with Gasteiger partial charge in [0, 0.05) is 18.7 Å². The highest BCUT2D eigenvalue weighted by atomic mass is 32.2. The molecule has 0 aromatic rings. The van der Waals surface area contributed by atoms with Gasteiger partial charge in [-0.15, -0.1) is 0 Å². The molecular weight excluding hydrogens is 272 g/mol. The van der Waals surface area contributed by atoms with Gasteiger partial charge in [0.15, 0.2) is 6.10 Å². The van der Waals surface area contributed by atoms with E-state index in [2.05, 4.69) is 4.74 Å². The van der Waals surface area contributed by atoms with Crippen LogP contribution in [0.4, 0.5) is 0 Å². The Bertz CT molecular complexity index is 350. The number of methoxy groups -OCH3 is 1. The van der Waals surface area contributed by atoms with E-state index in [1.807, 2.05) is 0 Å². The molecule has 1 rings (SSSR count). The van der Waals surface area contributed by atoms with E-state index in [-0.39, 0.29) is 18.2 Å². The molecule has 0 radical (unpaired) electrons. The first-order chi connectivity index (χ1) is 9.04. The molecule has 1 aliphatic rings. The molecule has 0 aliphatic carbocycles. The van der Waals surface area contributed by atoms with E-state index in [4.69, 9.17) is 10.5 Å². The molecule has 2 amide bonds. The Balaban J connectivity index is 2.31. The largest absolute Gasteiger partial charge is 0.467 e. The van der Waals surface area contributed by atoms with E-state index in [0.29, 0.717) is 25.3 Å². The van der Waals surface area contributed by atoms with Gasteiger partial charge in [-0.1, -0.05) is 0 Å². The second kappa shape index (κ2) is 8.00. The fraction of sp³-hybridized carbons (Fsp3) is 0.727. The number of morpholine rings is 1. The fourth-order valence-corrected chi connectivity index (χ4v) is 2.30. The van der Waals surface area contributed by atoms with Gasteiger partial charge in [0.1, 0.15) is 0 Å². The zero-order valence-electron chi connectivity index (χ0n) is 10.8. The Labute approximate surface area is 115 Å². The normalized spacial score (nSPS) is 19.0. The number of carbonyl (C=O) groups excluding carboxylic acids is 3. The molecule has 1 heterocycles. The molecule has 0 spiro atoms. The van der Waals surface area contributed by atoms with Gasteiger partial charge < -0.3 is 20.1 Å². The number of nitrogens with two attached hydrogens (primary N) is 1. The van der Waals surface area contributed by atoms with Gasteiger partial charge in [0.2, 0.25) is 11.8 Å². The van der Waals surface area contributed by atoms with E-state index in [1.165, 1.54) is 18.9 Å². The van der Waals surface area contributed by atoms with E-state index in [9.17, 15) is 14.4 Å². The highest BCUT2D eigenvalue weighted by Crippen LogP contribution is 2.10. The first-order valence-corrected chi connectivity index (χ1v) is 7.03. The van der Waals surface area contributed by atoms with Crippen molar-refractivity contribution in [2.75, 3.05) is 38.3 Å². The summed E-state index contributed by atoms with van der Waals surface area (Å²) < 4.78 is 9.82. The Morgan fingerprint density at radius 1 is 1.47 bits per heavy atom. The van der Waals surface area contributed by atoms with Crippen molar-refractivity contribution in [3.05, 3.63) is 0 Å². The van der Waals surface area contributed by atoms with Crippen LogP contribution in [0.5, 0.6) is 0 Å². The number of esters is 1. The van der Waals surface area contributed by atoms with Crippen LogP contribution < -0.4 is 5.73 Å². The molecule has 0 bridgehead atoms. The van der Waals surface area contributed by atoms with Crippen molar-refractivity contribution < 1.29 is 23.9 Å². The van der Waals surface area contributed by atoms with Gasteiger partial charge in [-0.2, -0.15) is 11.8 Å². The number of thioether (sulfide) groups is 1. The lowest BCUT2D eigenvalue weighted by atomic mass is 10.2. The SMILES string of the molecule is COC(=O)C1CN(C(=O)CCSCC(N)=O)CCO1. The number of primary amides is 1. The summed E-state index contributed by atoms with van der Waals surface area (Å²) in [5.74, 6) is -0.187. The smallest absolute Gasteiger partial charge is 0.336 e. The summed E-state index contributed by atoms with van der Waals surface area (Å²) in [7, 11) is 1.28. The van der Waals surface area contributed by atoms with E-state index >= 15 is 0 Å². The van der Waals surface area contributed by atoms with Crippen molar-refractivity contribution in [1.82, 2.24) is 4.90 Å². The number of carbonyl (C=O) groups is 3. The van der Waals surface area contributed by atoms with Crippen LogP contribution in [-0.4, -0.2) is 67.1 Å². The highest BCUT2D eigenvalue weighted by Gasteiger charge is 2.29. The van der Waals surface area contributed by atoms with E-state index < -0.39 is 18.0 Å². The second-order valence-electron chi connectivity index (χ2n) is 3.99. The number of amides is 2. The van der Waals surface area contributed by atoms with Crippen LogP contribution in [0, 0.1) is 0 Å². The summed E-state index contributed by atoms with van der Waals surface area (Å²) in [6.07, 6.45) is -0.396. The third kappa shape index (κ3) is 5.48. The Hall–Kier alpha value is -1.28. The maximum atomic E-state index is 11.9. The van der Waals surface area contributed by atoms with Crippen LogP contribution in [0.2, 0.25) is 0 Å². The first kappa shape index (κ1) is 15.8. The van der Waals surface area contributed by atoms with Crippen LogP contribution in [0.25, 0.3) is 0 Å². The summed E-state index contributed by atoms with van der Waals surface area (Å²) in [6.45, 7) is 0.999. The Kier molecular flexibility index (Phi) is 6.65. The molecule has 0 saturated carbocycles. The van der Waals surface area contributed by atoms with Gasteiger partial charge in [0.25, 0.3) is 0 Å². The van der Waals surface area contributed by atoms with Crippen LogP contribution in [0.1, 0.15) is 6.42 Å². The molecule has 1 unspecified atom stereocenters. The minimum atomic E-state index is -0.707. The molecular formula is C11H18N2O5S. The van der Waals surface area contributed by atoms with Gasteiger partial charge in [-0.05, 0) is 0 Å². The average molecular weight is 290 g/mol. The Morgan fingerprint density at radius 2 is 2.21 bits per heavy atom. The fourth-order valence-electron chi connectivity index (χ4n) is 1.64. The molecule has 7 nitrogen and oxygen atoms in total. The number of hydrogen-bond donors (Lipinski definition) is 1. The van der Waals surface area contributed by atoms with E-state index in [1.54, 1.807) is 4.90 Å². The molecule has 8 heteroatoms. The average Bonchev–Trinajstić information content (AvgIpc) is 2.42. The minimum absolute atomic E-state index is 0.0610. The van der Waals surface area contributed by atoms with Gasteiger partial charge in [0.05, 0.1) is 26.0 Å². The standard InChI is InChI=1S/C11H18N2O5S/c1-17-11(16)8-6-13(3-4-18-8)10(15)2-5-19-7-9(12)14/h8H,2-7H2,1H3,(H2,12,14). The molecule has 1 atom stereocenters. The third-order valence-electron chi connectivity index (χ3n) is 2.59. The van der Waals surface area contributed by atoms with Crippen LogP contribution in [-0.2, 0) is 23.9 Å². The maximum absolute atomic E-state index is 11.9. The molecule has 1 fully saturated rings. The summed E-state index contributed by atoms with van der Waals surface area (Å²) in [5.41, 5.74) is 5.00. The summed E-state index contributed by atoms with van der Waals surface area (Å²) in [6, 6.07) is 0. The van der Waals surface area contributed by atoms with Crippen molar-refractivity contribution in [3.63, 3.8) is 0 Å². The lowest BCUT2D eigenvalue weighted by Crippen LogP contribution is -2.49. The molecule has 108 valence electrons. The van der Waals surface area contributed by atoms with Crippen molar-refractivity contribution in [2.24, 2.45) is 5.73 Å². The van der Waals surface area contributed by atoms with Gasteiger partial charge >= 0.3 is 5.97 Å². The number of hydrogen-bond acceptors (Lipinski definition) is 6. The zero-order chi connectivity index (χ0) is 14.3. The molecule has 1 aliphatic heterocycles. The quantitative estimate of drug-likeness (QED) is 0.497. The van der Waals surface area contributed by atoms with Crippen molar-refractivity contribution in [2.45, 2.75) is 12.5 Å². The number of nitrogens with zero attached hydrogens (tertiary/aromatic N) is 1. The molecule has 0 aromatic carbocycles. The predicted octanol–water partition coefficient (Wildman–Crippen LogP) is -1.00. The lowest BCUT2D eigenvalue weighted by molar-refractivity contribution is -0.162. The highest BCUT2D eigenvalue weighted by molar-refractivity contribution is 7.99.